The number of rotatable bonds is 0. The molecule has 0 spiro atoms. The van der Waals surface area contributed by atoms with Crippen molar-refractivity contribution in [3.05, 3.63) is 23.3 Å². The predicted octanol–water partition coefficient (Wildman–Crippen LogP) is 3.70. The van der Waals surface area contributed by atoms with Crippen molar-refractivity contribution >= 4 is 0 Å². The van der Waals surface area contributed by atoms with Gasteiger partial charge in [0, 0.05) is 0 Å². The first kappa shape index (κ1) is 8.58. The smallest absolute Gasteiger partial charge is 0.0191 e. The van der Waals surface area contributed by atoms with Gasteiger partial charge in [0.15, 0.2) is 0 Å². The molecule has 11 heavy (non-hydrogen) atoms. The Hall–Kier alpha value is -0.520. The third-order valence-corrected chi connectivity index (χ3v) is 2.64. The minimum Gasteiger partial charge on any atom is -0.0842 e. The average molecular weight is 150 g/mol. The van der Waals surface area contributed by atoms with E-state index >= 15 is 0 Å². The van der Waals surface area contributed by atoms with Gasteiger partial charge < -0.3 is 0 Å². The zero-order chi connectivity index (χ0) is 8.27. The van der Waals surface area contributed by atoms with Crippen molar-refractivity contribution in [1.82, 2.24) is 0 Å². The minimum absolute atomic E-state index is 0.792. The molecule has 0 N–H and O–H groups in total. The fourth-order valence-electron chi connectivity index (χ4n) is 2.00. The molecule has 0 aromatic carbocycles. The lowest BCUT2D eigenvalue weighted by molar-refractivity contribution is 0.538. The van der Waals surface area contributed by atoms with Gasteiger partial charge in [-0.05, 0) is 50.2 Å². The molecule has 0 heterocycles. The molecular formula is C11H18. The highest BCUT2D eigenvalue weighted by Crippen LogP contribution is 2.33. The molecule has 1 atom stereocenters. The van der Waals surface area contributed by atoms with E-state index in [1.807, 2.05) is 0 Å². The first-order valence-corrected chi connectivity index (χ1v) is 4.61. The van der Waals surface area contributed by atoms with Crippen LogP contribution in [-0.2, 0) is 0 Å². The fourth-order valence-corrected chi connectivity index (χ4v) is 2.00. The zero-order valence-corrected chi connectivity index (χ0v) is 7.85. The highest BCUT2D eigenvalue weighted by molar-refractivity contribution is 5.33. The van der Waals surface area contributed by atoms with E-state index in [-0.39, 0.29) is 0 Å². The van der Waals surface area contributed by atoms with E-state index in [0.717, 1.165) is 5.92 Å². The van der Waals surface area contributed by atoms with Gasteiger partial charge in [-0.3, -0.25) is 0 Å². The fraction of sp³-hybridized carbons (Fsp3) is 0.636. The number of allylic oxidation sites excluding steroid dienone is 4. The first-order chi connectivity index (χ1) is 5.29. The van der Waals surface area contributed by atoms with Crippen LogP contribution in [0.3, 0.4) is 0 Å². The van der Waals surface area contributed by atoms with Gasteiger partial charge in [-0.25, -0.2) is 0 Å². The maximum Gasteiger partial charge on any atom is -0.0191 e. The molecule has 0 aromatic rings. The van der Waals surface area contributed by atoms with Gasteiger partial charge in [0.1, 0.15) is 0 Å². The van der Waals surface area contributed by atoms with E-state index in [4.69, 9.17) is 0 Å². The third-order valence-electron chi connectivity index (χ3n) is 2.64. The topological polar surface area (TPSA) is 0 Å². The Morgan fingerprint density at radius 2 is 2.00 bits per heavy atom. The van der Waals surface area contributed by atoms with Crippen LogP contribution in [-0.4, -0.2) is 0 Å². The maximum absolute atomic E-state index is 2.33. The second kappa shape index (κ2) is 3.75. The van der Waals surface area contributed by atoms with E-state index in [9.17, 15) is 0 Å². The highest BCUT2D eigenvalue weighted by atomic mass is 14.2. The van der Waals surface area contributed by atoms with Gasteiger partial charge in [0.05, 0.1) is 0 Å². The van der Waals surface area contributed by atoms with Crippen LogP contribution in [0.15, 0.2) is 23.3 Å². The Morgan fingerprint density at radius 3 is 2.45 bits per heavy atom. The lowest BCUT2D eigenvalue weighted by atomic mass is 9.81. The van der Waals surface area contributed by atoms with Gasteiger partial charge >= 0.3 is 0 Å². The summed E-state index contributed by atoms with van der Waals surface area (Å²) in [5.74, 6) is 0.792. The molecule has 0 radical (unpaired) electrons. The molecule has 1 fully saturated rings. The van der Waals surface area contributed by atoms with E-state index in [1.165, 1.54) is 19.3 Å². The molecule has 0 amide bonds. The summed E-state index contributed by atoms with van der Waals surface area (Å²) in [7, 11) is 0. The molecule has 1 aliphatic carbocycles. The quantitative estimate of drug-likeness (QED) is 0.494. The normalized spacial score (nSPS) is 33.2. The SMILES string of the molecule is C/C=C1/CCCC(C)/C1=C/C. The molecule has 0 saturated heterocycles. The van der Waals surface area contributed by atoms with E-state index in [2.05, 4.69) is 32.9 Å². The summed E-state index contributed by atoms with van der Waals surface area (Å²) in [5.41, 5.74) is 3.16. The van der Waals surface area contributed by atoms with E-state index in [1.54, 1.807) is 11.1 Å². The van der Waals surface area contributed by atoms with Crippen LogP contribution in [0.25, 0.3) is 0 Å². The van der Waals surface area contributed by atoms with Crippen LogP contribution >= 0.6 is 0 Å². The van der Waals surface area contributed by atoms with Gasteiger partial charge in [0.25, 0.3) is 0 Å². The minimum atomic E-state index is 0.792. The van der Waals surface area contributed by atoms with Crippen molar-refractivity contribution in [3.8, 4) is 0 Å². The van der Waals surface area contributed by atoms with Crippen molar-refractivity contribution in [2.45, 2.75) is 40.0 Å². The Bertz CT molecular complexity index is 184. The average Bonchev–Trinajstić information content (AvgIpc) is 2.04. The Balaban J connectivity index is 2.81. The van der Waals surface area contributed by atoms with Crippen LogP contribution < -0.4 is 0 Å². The zero-order valence-electron chi connectivity index (χ0n) is 7.85. The van der Waals surface area contributed by atoms with E-state index < -0.39 is 0 Å². The monoisotopic (exact) mass is 150 g/mol. The van der Waals surface area contributed by atoms with Crippen molar-refractivity contribution < 1.29 is 0 Å². The van der Waals surface area contributed by atoms with Gasteiger partial charge in [-0.15, -0.1) is 0 Å². The van der Waals surface area contributed by atoms with Gasteiger partial charge in [-0.1, -0.05) is 19.1 Å². The Kier molecular flexibility index (Phi) is 2.92. The largest absolute Gasteiger partial charge is 0.0842 e. The van der Waals surface area contributed by atoms with Crippen LogP contribution in [0.1, 0.15) is 40.0 Å². The summed E-state index contributed by atoms with van der Waals surface area (Å²) in [6, 6.07) is 0. The molecule has 1 unspecified atom stereocenters. The highest BCUT2D eigenvalue weighted by Gasteiger charge is 2.16. The van der Waals surface area contributed by atoms with Gasteiger partial charge in [0.2, 0.25) is 0 Å². The Labute approximate surface area is 70.0 Å². The third kappa shape index (κ3) is 1.74. The second-order valence-corrected chi connectivity index (χ2v) is 3.35. The lowest BCUT2D eigenvalue weighted by Gasteiger charge is -2.24. The van der Waals surface area contributed by atoms with Crippen LogP contribution in [0.4, 0.5) is 0 Å². The van der Waals surface area contributed by atoms with Crippen LogP contribution in [0, 0.1) is 5.92 Å². The van der Waals surface area contributed by atoms with E-state index in [0.29, 0.717) is 0 Å². The first-order valence-electron chi connectivity index (χ1n) is 4.61. The summed E-state index contributed by atoms with van der Waals surface area (Å²) < 4.78 is 0. The summed E-state index contributed by atoms with van der Waals surface area (Å²) in [4.78, 5) is 0. The molecule has 0 aromatic heterocycles. The van der Waals surface area contributed by atoms with Gasteiger partial charge in [-0.2, -0.15) is 0 Å². The molecule has 1 aliphatic rings. The second-order valence-electron chi connectivity index (χ2n) is 3.35. The molecule has 0 heteroatoms. The number of hydrogen-bond acceptors (Lipinski definition) is 0. The molecule has 0 bridgehead atoms. The van der Waals surface area contributed by atoms with Crippen LogP contribution in [0.5, 0.6) is 0 Å². The molecule has 62 valence electrons. The summed E-state index contributed by atoms with van der Waals surface area (Å²) in [6.07, 6.45) is 8.58. The van der Waals surface area contributed by atoms with Crippen LogP contribution in [0.2, 0.25) is 0 Å². The molecular weight excluding hydrogens is 132 g/mol. The molecule has 1 saturated carbocycles. The van der Waals surface area contributed by atoms with Crippen molar-refractivity contribution in [3.63, 3.8) is 0 Å². The Morgan fingerprint density at radius 1 is 1.27 bits per heavy atom. The predicted molar refractivity (Wildman–Crippen MR) is 50.5 cm³/mol. The summed E-state index contributed by atoms with van der Waals surface area (Å²) >= 11 is 0. The summed E-state index contributed by atoms with van der Waals surface area (Å²) in [6.45, 7) is 6.63. The molecule has 0 aliphatic heterocycles. The molecule has 0 nitrogen and oxygen atoms in total. The maximum atomic E-state index is 2.33. The standard InChI is InChI=1S/C11H18/c1-4-10-8-6-7-9(3)11(10)5-2/h4-5,9H,6-8H2,1-3H3/b10-4-,11-5-. The number of hydrogen-bond donors (Lipinski definition) is 0. The van der Waals surface area contributed by atoms with Crippen molar-refractivity contribution in [1.29, 1.82) is 0 Å². The van der Waals surface area contributed by atoms with Crippen molar-refractivity contribution in [2.75, 3.05) is 0 Å². The lowest BCUT2D eigenvalue weighted by Crippen LogP contribution is -2.08. The summed E-state index contributed by atoms with van der Waals surface area (Å²) in [5, 5.41) is 0. The molecule has 1 rings (SSSR count). The van der Waals surface area contributed by atoms with Crippen molar-refractivity contribution in [2.24, 2.45) is 5.92 Å².